The molecular weight excluding hydrogens is 306 g/mol. The molecule has 24 heavy (non-hydrogen) atoms. The van der Waals surface area contributed by atoms with Crippen molar-refractivity contribution >= 4 is 5.91 Å². The van der Waals surface area contributed by atoms with Gasteiger partial charge in [-0.3, -0.25) is 9.48 Å². The fourth-order valence-electron chi connectivity index (χ4n) is 2.86. The van der Waals surface area contributed by atoms with Crippen LogP contribution in [0.2, 0.25) is 0 Å². The molecule has 1 aliphatic heterocycles. The Hall–Kier alpha value is -2.50. The van der Waals surface area contributed by atoms with Crippen LogP contribution in [-0.4, -0.2) is 35.9 Å². The molecule has 1 aromatic carbocycles. The first-order chi connectivity index (χ1) is 11.7. The van der Waals surface area contributed by atoms with Gasteiger partial charge in [0, 0.05) is 43.4 Å². The Bertz CT molecular complexity index is 711. The summed E-state index contributed by atoms with van der Waals surface area (Å²) in [5.41, 5.74) is 2.23. The Morgan fingerprint density at radius 3 is 3.08 bits per heavy atom. The van der Waals surface area contributed by atoms with Crippen molar-refractivity contribution in [1.82, 2.24) is 15.1 Å². The maximum atomic E-state index is 12.0. The molecular formula is C18H23N3O3. The largest absolute Gasteiger partial charge is 0.497 e. The molecule has 0 bridgehead atoms. The molecule has 1 aliphatic rings. The number of aryl methyl sites for hydroxylation is 2. The fraction of sp³-hybridized carbons (Fsp3) is 0.444. The van der Waals surface area contributed by atoms with Crippen LogP contribution in [0.15, 0.2) is 30.5 Å². The third kappa shape index (κ3) is 3.88. The average Bonchev–Trinajstić information content (AvgIpc) is 3.02. The van der Waals surface area contributed by atoms with Crippen LogP contribution in [0.1, 0.15) is 17.7 Å². The maximum Gasteiger partial charge on any atom is 0.221 e. The Morgan fingerprint density at radius 2 is 2.33 bits per heavy atom. The predicted octanol–water partition coefficient (Wildman–Crippen LogP) is 1.96. The zero-order valence-electron chi connectivity index (χ0n) is 14.1. The fourth-order valence-corrected chi connectivity index (χ4v) is 2.86. The Kier molecular flexibility index (Phi) is 5.03. The number of fused-ring (bicyclic) bond motifs is 1. The first-order valence-electron chi connectivity index (χ1n) is 8.20. The summed E-state index contributed by atoms with van der Waals surface area (Å²) in [4.78, 5) is 12.0. The van der Waals surface area contributed by atoms with Gasteiger partial charge in [-0.25, -0.2) is 0 Å². The van der Waals surface area contributed by atoms with E-state index in [9.17, 15) is 4.79 Å². The summed E-state index contributed by atoms with van der Waals surface area (Å²) in [6, 6.07) is 7.82. The molecule has 0 aliphatic carbocycles. The minimum absolute atomic E-state index is 0.0467. The van der Waals surface area contributed by atoms with Gasteiger partial charge in [0.2, 0.25) is 5.91 Å². The van der Waals surface area contributed by atoms with Crippen molar-refractivity contribution < 1.29 is 14.3 Å². The van der Waals surface area contributed by atoms with E-state index >= 15 is 0 Å². The number of aromatic nitrogens is 2. The van der Waals surface area contributed by atoms with E-state index in [2.05, 4.69) is 10.4 Å². The normalized spacial score (nSPS) is 16.2. The Labute approximate surface area is 141 Å². The van der Waals surface area contributed by atoms with E-state index < -0.39 is 0 Å². The molecule has 128 valence electrons. The number of benzene rings is 1. The molecule has 0 fully saturated rings. The lowest BCUT2D eigenvalue weighted by atomic mass is 9.96. The lowest BCUT2D eigenvalue weighted by molar-refractivity contribution is -0.121. The molecule has 6 nitrogen and oxygen atoms in total. The van der Waals surface area contributed by atoms with Crippen LogP contribution in [-0.2, 0) is 17.8 Å². The third-order valence-corrected chi connectivity index (χ3v) is 4.32. The molecule has 6 heteroatoms. The van der Waals surface area contributed by atoms with E-state index in [0.29, 0.717) is 32.0 Å². The highest BCUT2D eigenvalue weighted by Crippen LogP contribution is 2.30. The molecule has 0 saturated heterocycles. The SMILES string of the molecule is COc1ccc2c(c1)OC[C@@H](CNC(=O)CCn1nccc1C)C2. The number of ether oxygens (including phenoxy) is 2. The number of hydrogen-bond acceptors (Lipinski definition) is 4. The van der Waals surface area contributed by atoms with Crippen molar-refractivity contribution in [1.29, 1.82) is 0 Å². The highest BCUT2D eigenvalue weighted by atomic mass is 16.5. The summed E-state index contributed by atoms with van der Waals surface area (Å²) in [6.45, 7) is 3.83. The van der Waals surface area contributed by atoms with Crippen LogP contribution in [0.25, 0.3) is 0 Å². The van der Waals surface area contributed by atoms with Crippen molar-refractivity contribution in [2.75, 3.05) is 20.3 Å². The first-order valence-corrected chi connectivity index (χ1v) is 8.20. The van der Waals surface area contributed by atoms with Gasteiger partial charge < -0.3 is 14.8 Å². The minimum atomic E-state index is 0.0467. The Balaban J connectivity index is 1.45. The molecule has 0 unspecified atom stereocenters. The molecule has 1 amide bonds. The zero-order valence-corrected chi connectivity index (χ0v) is 14.1. The molecule has 2 aromatic rings. The average molecular weight is 329 g/mol. The van der Waals surface area contributed by atoms with Crippen molar-refractivity contribution in [2.24, 2.45) is 5.92 Å². The smallest absolute Gasteiger partial charge is 0.221 e. The summed E-state index contributed by atoms with van der Waals surface area (Å²) >= 11 is 0. The van der Waals surface area contributed by atoms with Crippen molar-refractivity contribution in [3.05, 3.63) is 41.7 Å². The molecule has 0 spiro atoms. The first kappa shape index (κ1) is 16.4. The molecule has 2 heterocycles. The van der Waals surface area contributed by atoms with E-state index in [1.165, 1.54) is 0 Å². The van der Waals surface area contributed by atoms with Crippen molar-refractivity contribution in [3.8, 4) is 11.5 Å². The number of nitrogens with zero attached hydrogens (tertiary/aromatic N) is 2. The highest BCUT2D eigenvalue weighted by Gasteiger charge is 2.21. The van der Waals surface area contributed by atoms with Crippen LogP contribution in [0.5, 0.6) is 11.5 Å². The summed E-state index contributed by atoms with van der Waals surface area (Å²) in [5, 5.41) is 7.19. The van der Waals surface area contributed by atoms with Gasteiger partial charge in [-0.1, -0.05) is 6.07 Å². The quantitative estimate of drug-likeness (QED) is 0.880. The van der Waals surface area contributed by atoms with Crippen LogP contribution in [0.3, 0.4) is 0 Å². The van der Waals surface area contributed by atoms with Crippen LogP contribution in [0, 0.1) is 12.8 Å². The van der Waals surface area contributed by atoms with Gasteiger partial charge in [-0.2, -0.15) is 5.10 Å². The topological polar surface area (TPSA) is 65.4 Å². The van der Waals surface area contributed by atoms with E-state index in [4.69, 9.17) is 9.47 Å². The van der Waals surface area contributed by atoms with Gasteiger partial charge in [0.25, 0.3) is 0 Å². The third-order valence-electron chi connectivity index (χ3n) is 4.32. The number of methoxy groups -OCH3 is 1. The lowest BCUT2D eigenvalue weighted by Crippen LogP contribution is -2.35. The predicted molar refractivity (Wildman–Crippen MR) is 90.3 cm³/mol. The summed E-state index contributed by atoms with van der Waals surface area (Å²) < 4.78 is 12.8. The number of hydrogen-bond donors (Lipinski definition) is 1. The van der Waals surface area contributed by atoms with E-state index in [1.54, 1.807) is 13.3 Å². The second-order valence-electron chi connectivity index (χ2n) is 6.10. The van der Waals surface area contributed by atoms with E-state index in [-0.39, 0.29) is 5.91 Å². The molecule has 0 radical (unpaired) electrons. The van der Waals surface area contributed by atoms with Gasteiger partial charge in [-0.05, 0) is 31.0 Å². The Morgan fingerprint density at radius 1 is 1.46 bits per heavy atom. The van der Waals surface area contributed by atoms with Gasteiger partial charge in [0.15, 0.2) is 0 Å². The number of carbonyl (C=O) groups excluding carboxylic acids is 1. The van der Waals surface area contributed by atoms with Crippen molar-refractivity contribution in [2.45, 2.75) is 26.3 Å². The maximum absolute atomic E-state index is 12.0. The van der Waals surface area contributed by atoms with Gasteiger partial charge >= 0.3 is 0 Å². The monoisotopic (exact) mass is 329 g/mol. The molecule has 1 atom stereocenters. The van der Waals surface area contributed by atoms with Crippen LogP contribution >= 0.6 is 0 Å². The summed E-state index contributed by atoms with van der Waals surface area (Å²) in [6.07, 6.45) is 3.08. The van der Waals surface area contributed by atoms with E-state index in [0.717, 1.165) is 29.2 Å². The minimum Gasteiger partial charge on any atom is -0.497 e. The molecule has 1 aromatic heterocycles. The number of rotatable bonds is 6. The number of amides is 1. The van der Waals surface area contributed by atoms with Crippen LogP contribution < -0.4 is 14.8 Å². The van der Waals surface area contributed by atoms with Gasteiger partial charge in [0.05, 0.1) is 13.7 Å². The summed E-state index contributed by atoms with van der Waals surface area (Å²) in [5.74, 6) is 2.02. The second kappa shape index (κ2) is 7.38. The number of nitrogens with one attached hydrogen (secondary N) is 1. The lowest BCUT2D eigenvalue weighted by Gasteiger charge is -2.25. The van der Waals surface area contributed by atoms with E-state index in [1.807, 2.05) is 35.9 Å². The van der Waals surface area contributed by atoms with Crippen LogP contribution in [0.4, 0.5) is 0 Å². The standard InChI is InChI=1S/C18H23N3O3/c1-13-5-7-20-21(13)8-6-18(22)19-11-14-9-15-3-4-16(23-2)10-17(15)24-12-14/h3-5,7,10,14H,6,8-9,11-12H2,1-2H3,(H,19,22)/t14-/m1/s1. The number of carbonyl (C=O) groups is 1. The molecule has 3 rings (SSSR count). The van der Waals surface area contributed by atoms with Crippen molar-refractivity contribution in [3.63, 3.8) is 0 Å². The molecule has 1 N–H and O–H groups in total. The second-order valence-corrected chi connectivity index (χ2v) is 6.10. The summed E-state index contributed by atoms with van der Waals surface area (Å²) in [7, 11) is 1.65. The van der Waals surface area contributed by atoms with Gasteiger partial charge in [0.1, 0.15) is 11.5 Å². The zero-order chi connectivity index (χ0) is 16.9. The molecule has 0 saturated carbocycles. The highest BCUT2D eigenvalue weighted by molar-refractivity contribution is 5.75. The van der Waals surface area contributed by atoms with Gasteiger partial charge in [-0.15, -0.1) is 0 Å².